The predicted molar refractivity (Wildman–Crippen MR) is 121 cm³/mol. The number of Topliss-reactive ketones (excluding diaryl/α,β-unsaturated/α-hetero) is 1. The summed E-state index contributed by atoms with van der Waals surface area (Å²) in [6, 6.07) is 0. The molecule has 0 aliphatic heterocycles. The molecule has 0 radical (unpaired) electrons. The van der Waals surface area contributed by atoms with Gasteiger partial charge in [-0.1, -0.05) is 38.3 Å². The molecule has 0 aromatic rings. The molecule has 31 heavy (non-hydrogen) atoms. The summed E-state index contributed by atoms with van der Waals surface area (Å²) >= 11 is 0. The van der Waals surface area contributed by atoms with Crippen molar-refractivity contribution in [3.05, 3.63) is 12.2 Å². The summed E-state index contributed by atoms with van der Waals surface area (Å²) in [6.45, 7) is 7.52. The number of aliphatic hydroxyl groups is 1. The average Bonchev–Trinajstić information content (AvgIpc) is 3.00. The molecule has 178 valence electrons. The van der Waals surface area contributed by atoms with Crippen LogP contribution in [-0.4, -0.2) is 39.6 Å². The third kappa shape index (κ3) is 12.1. The van der Waals surface area contributed by atoms with Crippen molar-refractivity contribution in [1.29, 1.82) is 0 Å². The molecule has 4 atom stereocenters. The maximum Gasteiger partial charge on any atom is 0.306 e. The first-order valence-electron chi connectivity index (χ1n) is 11.8. The van der Waals surface area contributed by atoms with Gasteiger partial charge in [-0.25, -0.2) is 0 Å². The Balaban J connectivity index is 2.35. The van der Waals surface area contributed by atoms with E-state index in [2.05, 4.69) is 0 Å². The lowest BCUT2D eigenvalue weighted by atomic mass is 9.88. The molecular formula is C25H42O6. The zero-order chi connectivity index (χ0) is 23.4. The van der Waals surface area contributed by atoms with Crippen LogP contribution in [0.2, 0.25) is 0 Å². The smallest absolute Gasteiger partial charge is 0.306 e. The topological polar surface area (TPSA) is 101 Å². The molecule has 0 aromatic carbocycles. The molecule has 1 aliphatic carbocycles. The van der Waals surface area contributed by atoms with E-state index in [1.807, 2.05) is 39.8 Å². The molecule has 0 saturated heterocycles. The minimum Gasteiger partial charge on any atom is -0.481 e. The van der Waals surface area contributed by atoms with Gasteiger partial charge in [-0.2, -0.15) is 0 Å². The van der Waals surface area contributed by atoms with Crippen molar-refractivity contribution < 1.29 is 29.3 Å². The number of carbonyl (C=O) groups is 3. The van der Waals surface area contributed by atoms with E-state index in [1.54, 1.807) is 0 Å². The summed E-state index contributed by atoms with van der Waals surface area (Å²) in [5.41, 5.74) is -0.474. The van der Waals surface area contributed by atoms with Gasteiger partial charge in [0.1, 0.15) is 11.4 Å². The fourth-order valence-corrected chi connectivity index (χ4v) is 4.11. The fourth-order valence-electron chi connectivity index (χ4n) is 4.11. The van der Waals surface area contributed by atoms with Gasteiger partial charge in [0.15, 0.2) is 0 Å². The number of esters is 1. The van der Waals surface area contributed by atoms with Gasteiger partial charge in [0.2, 0.25) is 0 Å². The Morgan fingerprint density at radius 3 is 2.45 bits per heavy atom. The number of carboxylic acid groups (broad SMARTS) is 1. The van der Waals surface area contributed by atoms with Crippen LogP contribution in [-0.2, 0) is 19.1 Å². The number of ketones is 1. The van der Waals surface area contributed by atoms with Crippen LogP contribution in [0.3, 0.4) is 0 Å². The Labute approximate surface area is 187 Å². The fraction of sp³-hybridized carbons (Fsp3) is 0.800. The Hall–Kier alpha value is -1.69. The SMILES string of the molecule is CC(CCCC(=O)OC(C)(C)C)C(O)C=CC1CCC(=O)C1CCCCCCC(=O)O. The number of aliphatic carboxylic acids is 1. The van der Waals surface area contributed by atoms with Gasteiger partial charge in [-0.15, -0.1) is 0 Å². The highest BCUT2D eigenvalue weighted by Gasteiger charge is 2.32. The number of ether oxygens (including phenoxy) is 1. The quantitative estimate of drug-likeness (QED) is 0.223. The van der Waals surface area contributed by atoms with Crippen molar-refractivity contribution in [2.24, 2.45) is 17.8 Å². The zero-order valence-corrected chi connectivity index (χ0v) is 19.8. The highest BCUT2D eigenvalue weighted by Crippen LogP contribution is 2.34. The second kappa shape index (κ2) is 13.7. The Morgan fingerprint density at radius 1 is 1.13 bits per heavy atom. The number of aliphatic hydroxyl groups excluding tert-OH is 1. The van der Waals surface area contributed by atoms with Crippen molar-refractivity contribution >= 4 is 17.7 Å². The highest BCUT2D eigenvalue weighted by molar-refractivity contribution is 5.83. The van der Waals surface area contributed by atoms with Gasteiger partial charge >= 0.3 is 11.9 Å². The van der Waals surface area contributed by atoms with Crippen molar-refractivity contribution in [3.8, 4) is 0 Å². The molecule has 1 fully saturated rings. The van der Waals surface area contributed by atoms with Crippen molar-refractivity contribution in [1.82, 2.24) is 0 Å². The summed E-state index contributed by atoms with van der Waals surface area (Å²) in [4.78, 5) is 34.6. The van der Waals surface area contributed by atoms with Gasteiger partial charge < -0.3 is 14.9 Å². The van der Waals surface area contributed by atoms with Crippen LogP contribution in [0.1, 0.15) is 98.3 Å². The van der Waals surface area contributed by atoms with Crippen LogP contribution in [0, 0.1) is 17.8 Å². The maximum absolute atomic E-state index is 12.3. The van der Waals surface area contributed by atoms with Gasteiger partial charge in [0.25, 0.3) is 0 Å². The van der Waals surface area contributed by atoms with Crippen LogP contribution < -0.4 is 0 Å². The van der Waals surface area contributed by atoms with Crippen LogP contribution in [0.4, 0.5) is 0 Å². The van der Waals surface area contributed by atoms with Crippen LogP contribution in [0.25, 0.3) is 0 Å². The molecule has 1 saturated carbocycles. The Morgan fingerprint density at radius 2 is 1.81 bits per heavy atom. The molecule has 1 aliphatic rings. The summed E-state index contributed by atoms with van der Waals surface area (Å²) in [7, 11) is 0. The minimum atomic E-state index is -0.756. The molecule has 0 heterocycles. The number of carboxylic acids is 1. The maximum atomic E-state index is 12.3. The van der Waals surface area contributed by atoms with Gasteiger partial charge in [0, 0.05) is 25.2 Å². The van der Waals surface area contributed by atoms with Crippen LogP contribution in [0.5, 0.6) is 0 Å². The summed E-state index contributed by atoms with van der Waals surface area (Å²) in [5, 5.41) is 19.1. The highest BCUT2D eigenvalue weighted by atomic mass is 16.6. The standard InChI is InChI=1S/C25H42O6/c1-18(10-9-13-24(30)31-25(2,3)4)21(26)16-14-19-15-17-22(27)20(19)11-7-5-6-8-12-23(28)29/h14,16,18-21,26H,5-13,15,17H2,1-4H3,(H,28,29). The summed E-state index contributed by atoms with van der Waals surface area (Å²) in [5.74, 6) is -0.433. The second-order valence-electron chi connectivity index (χ2n) is 9.95. The molecule has 0 aromatic heterocycles. The third-order valence-electron chi connectivity index (χ3n) is 5.91. The first-order valence-corrected chi connectivity index (χ1v) is 11.8. The van der Waals surface area contributed by atoms with Crippen molar-refractivity contribution in [3.63, 3.8) is 0 Å². The number of hydrogen-bond acceptors (Lipinski definition) is 5. The lowest BCUT2D eigenvalue weighted by molar-refractivity contribution is -0.155. The second-order valence-corrected chi connectivity index (χ2v) is 9.95. The van der Waals surface area contributed by atoms with E-state index < -0.39 is 17.7 Å². The summed E-state index contributed by atoms with van der Waals surface area (Å²) < 4.78 is 5.31. The van der Waals surface area contributed by atoms with Crippen molar-refractivity contribution in [2.45, 2.75) is 110 Å². The van der Waals surface area contributed by atoms with Crippen molar-refractivity contribution in [2.75, 3.05) is 0 Å². The molecule has 0 spiro atoms. The van der Waals surface area contributed by atoms with Crippen LogP contribution >= 0.6 is 0 Å². The van der Waals surface area contributed by atoms with E-state index >= 15 is 0 Å². The number of hydrogen-bond donors (Lipinski definition) is 2. The van der Waals surface area contributed by atoms with Gasteiger partial charge in [0.05, 0.1) is 6.10 Å². The predicted octanol–water partition coefficient (Wildman–Crippen LogP) is 5.07. The monoisotopic (exact) mass is 438 g/mol. The molecular weight excluding hydrogens is 396 g/mol. The Bertz CT molecular complexity index is 604. The first-order chi connectivity index (χ1) is 14.5. The number of allylic oxidation sites excluding steroid dienone is 1. The first kappa shape index (κ1) is 27.3. The molecule has 0 amide bonds. The van der Waals surface area contributed by atoms with E-state index in [0.717, 1.165) is 38.5 Å². The average molecular weight is 439 g/mol. The molecule has 6 heteroatoms. The Kier molecular flexibility index (Phi) is 12.1. The number of carbonyl (C=O) groups excluding carboxylic acids is 2. The van der Waals surface area contributed by atoms with E-state index in [1.165, 1.54) is 0 Å². The molecule has 0 bridgehead atoms. The lowest BCUT2D eigenvalue weighted by Gasteiger charge is -2.20. The lowest BCUT2D eigenvalue weighted by Crippen LogP contribution is -2.24. The van der Waals surface area contributed by atoms with E-state index in [4.69, 9.17) is 9.84 Å². The molecule has 6 nitrogen and oxygen atoms in total. The molecule has 2 N–H and O–H groups in total. The number of rotatable bonds is 14. The number of unbranched alkanes of at least 4 members (excludes halogenated alkanes) is 3. The largest absolute Gasteiger partial charge is 0.481 e. The normalized spacial score (nSPS) is 21.4. The minimum absolute atomic E-state index is 0.0189. The van der Waals surface area contributed by atoms with Gasteiger partial charge in [-0.3, -0.25) is 14.4 Å². The zero-order valence-electron chi connectivity index (χ0n) is 19.8. The van der Waals surface area contributed by atoms with E-state index in [0.29, 0.717) is 31.5 Å². The molecule has 1 rings (SSSR count). The van der Waals surface area contributed by atoms with Gasteiger partial charge in [-0.05, 0) is 64.7 Å². The summed E-state index contributed by atoms with van der Waals surface area (Å²) in [6.07, 6.45) is 10.9. The molecule has 4 unspecified atom stereocenters. The van der Waals surface area contributed by atoms with Crippen LogP contribution in [0.15, 0.2) is 12.2 Å². The van der Waals surface area contributed by atoms with E-state index in [9.17, 15) is 19.5 Å². The third-order valence-corrected chi connectivity index (χ3v) is 5.91. The van der Waals surface area contributed by atoms with E-state index in [-0.39, 0.29) is 30.1 Å².